The van der Waals surface area contributed by atoms with Crippen molar-refractivity contribution in [1.82, 2.24) is 20.2 Å². The fraction of sp³-hybridized carbons (Fsp3) is 0.259. The molecule has 0 amide bonds. The molecule has 3 aromatic carbocycles. The molecule has 0 aliphatic heterocycles. The summed E-state index contributed by atoms with van der Waals surface area (Å²) in [7, 11) is 2.65. The molecule has 0 N–H and O–H groups in total. The van der Waals surface area contributed by atoms with Crippen LogP contribution in [0.5, 0.6) is 5.75 Å². The van der Waals surface area contributed by atoms with Gasteiger partial charge in [-0.25, -0.2) is 0 Å². The third-order valence-corrected chi connectivity index (χ3v) is 6.31. The number of aldehydes is 1. The average Bonchev–Trinajstić information content (AvgIpc) is 3.37. The van der Waals surface area contributed by atoms with E-state index in [-0.39, 0.29) is 40.0 Å². The van der Waals surface area contributed by atoms with Crippen molar-refractivity contribution in [1.29, 1.82) is 0 Å². The minimum Gasteiger partial charge on any atom is -0.496 e. The highest BCUT2D eigenvalue weighted by atomic mass is 19.4. The van der Waals surface area contributed by atoms with Gasteiger partial charge in [0, 0.05) is 24.2 Å². The van der Waals surface area contributed by atoms with Gasteiger partial charge in [-0.15, -0.1) is 5.10 Å². The van der Waals surface area contributed by atoms with Gasteiger partial charge in [0.25, 0.3) is 5.95 Å². The third-order valence-electron chi connectivity index (χ3n) is 6.31. The molecule has 7 nitrogen and oxygen atoms in total. The molecular formula is C27H20F9N5O2. The van der Waals surface area contributed by atoms with Gasteiger partial charge < -0.3 is 9.64 Å². The van der Waals surface area contributed by atoms with Crippen molar-refractivity contribution < 1.29 is 49.0 Å². The number of anilines is 1. The van der Waals surface area contributed by atoms with Crippen molar-refractivity contribution in [2.24, 2.45) is 7.05 Å². The first kappa shape index (κ1) is 31.3. The minimum absolute atomic E-state index is 0.0102. The van der Waals surface area contributed by atoms with Gasteiger partial charge in [-0.2, -0.15) is 44.3 Å². The summed E-state index contributed by atoms with van der Waals surface area (Å²) in [6.45, 7) is -1.01. The van der Waals surface area contributed by atoms with Crippen LogP contribution in [0.3, 0.4) is 0 Å². The van der Waals surface area contributed by atoms with Gasteiger partial charge in [0.15, 0.2) is 0 Å². The molecule has 16 heteroatoms. The second-order valence-electron chi connectivity index (χ2n) is 9.25. The summed E-state index contributed by atoms with van der Waals surface area (Å²) in [4.78, 5) is 14.3. The summed E-state index contributed by atoms with van der Waals surface area (Å²) in [5, 5.41) is 11.5. The molecule has 43 heavy (non-hydrogen) atoms. The van der Waals surface area contributed by atoms with E-state index in [1.807, 2.05) is 0 Å². The van der Waals surface area contributed by atoms with E-state index < -0.39 is 53.9 Å². The van der Waals surface area contributed by atoms with Gasteiger partial charge in [0.1, 0.15) is 12.0 Å². The monoisotopic (exact) mass is 617 g/mol. The number of methoxy groups -OCH3 is 1. The standard InChI is InChI=1S/C27H20F9N5O2/c1-40-38-24(37-39-40)41(12-15-9-19(26(31,32)33)11-20(10-15)27(34,35)36)13-21-17(14-42)5-8-22(43-2)23(21)16-3-6-18(7-4-16)25(28,29)30/h3-11,14H,12-13H2,1-2H3. The van der Waals surface area contributed by atoms with Gasteiger partial charge in [0.2, 0.25) is 0 Å². The zero-order valence-corrected chi connectivity index (χ0v) is 22.1. The Morgan fingerprint density at radius 2 is 1.40 bits per heavy atom. The summed E-state index contributed by atoms with van der Waals surface area (Å²) in [6.07, 6.45) is -14.4. The first-order valence-corrected chi connectivity index (χ1v) is 12.1. The van der Waals surface area contributed by atoms with Crippen molar-refractivity contribution in [2.45, 2.75) is 31.6 Å². The van der Waals surface area contributed by atoms with Crippen LogP contribution in [-0.4, -0.2) is 33.6 Å². The summed E-state index contributed by atoms with van der Waals surface area (Å²) in [5.74, 6) is -0.0858. The summed E-state index contributed by atoms with van der Waals surface area (Å²) in [6, 6.07) is 7.74. The quantitative estimate of drug-likeness (QED) is 0.157. The maximum Gasteiger partial charge on any atom is 0.416 e. The Morgan fingerprint density at radius 1 is 0.814 bits per heavy atom. The molecular weight excluding hydrogens is 597 g/mol. The number of hydrogen-bond donors (Lipinski definition) is 0. The number of aryl methyl sites for hydroxylation is 1. The predicted molar refractivity (Wildman–Crippen MR) is 134 cm³/mol. The van der Waals surface area contributed by atoms with E-state index >= 15 is 0 Å². The molecule has 0 saturated heterocycles. The summed E-state index contributed by atoms with van der Waals surface area (Å²) >= 11 is 0. The Balaban J connectivity index is 1.88. The van der Waals surface area contributed by atoms with Crippen LogP contribution < -0.4 is 9.64 Å². The maximum absolute atomic E-state index is 13.5. The van der Waals surface area contributed by atoms with E-state index in [0.29, 0.717) is 18.4 Å². The molecule has 228 valence electrons. The predicted octanol–water partition coefficient (Wildman–Crippen LogP) is 6.96. The Labute approximate surface area is 237 Å². The highest BCUT2D eigenvalue weighted by molar-refractivity contribution is 5.86. The molecule has 0 aliphatic rings. The number of rotatable bonds is 8. The lowest BCUT2D eigenvalue weighted by atomic mass is 9.93. The summed E-state index contributed by atoms with van der Waals surface area (Å²) in [5.41, 5.74) is -3.94. The van der Waals surface area contributed by atoms with Gasteiger partial charge in [-0.05, 0) is 64.4 Å². The largest absolute Gasteiger partial charge is 0.496 e. The van der Waals surface area contributed by atoms with Crippen LogP contribution in [-0.2, 0) is 38.7 Å². The fourth-order valence-corrected chi connectivity index (χ4v) is 4.36. The molecule has 0 radical (unpaired) electrons. The number of ether oxygens (including phenoxy) is 1. The van der Waals surface area contributed by atoms with Crippen LogP contribution in [0, 0.1) is 0 Å². The smallest absolute Gasteiger partial charge is 0.416 e. The van der Waals surface area contributed by atoms with Gasteiger partial charge in [-0.3, -0.25) is 4.79 Å². The number of aromatic nitrogens is 4. The number of carbonyl (C=O) groups is 1. The Morgan fingerprint density at radius 3 is 1.86 bits per heavy atom. The first-order chi connectivity index (χ1) is 20.0. The van der Waals surface area contributed by atoms with Crippen molar-refractivity contribution in [3.05, 3.63) is 88.0 Å². The van der Waals surface area contributed by atoms with Crippen LogP contribution in [0.15, 0.2) is 54.6 Å². The average molecular weight is 617 g/mol. The van der Waals surface area contributed by atoms with Gasteiger partial charge in [0.05, 0.1) is 30.8 Å². The lowest BCUT2D eigenvalue weighted by Gasteiger charge is -2.25. The van der Waals surface area contributed by atoms with E-state index in [9.17, 15) is 44.3 Å². The van der Waals surface area contributed by atoms with Gasteiger partial charge >= 0.3 is 18.5 Å². The SMILES string of the molecule is COc1ccc(C=O)c(CN(Cc2cc(C(F)(F)F)cc(C(F)(F)F)c2)c2nnn(C)n2)c1-c1ccc(C(F)(F)F)cc1. The number of hydrogen-bond acceptors (Lipinski definition) is 6. The number of alkyl halides is 9. The van der Waals surface area contributed by atoms with Gasteiger partial charge in [-0.1, -0.05) is 17.2 Å². The molecule has 4 aromatic rings. The van der Waals surface area contributed by atoms with E-state index in [1.54, 1.807) is 0 Å². The van der Waals surface area contributed by atoms with Crippen LogP contribution in [0.2, 0.25) is 0 Å². The van der Waals surface area contributed by atoms with Crippen molar-refractivity contribution in [3.63, 3.8) is 0 Å². The first-order valence-electron chi connectivity index (χ1n) is 12.1. The topological polar surface area (TPSA) is 73.1 Å². The molecule has 0 saturated carbocycles. The highest BCUT2D eigenvalue weighted by Crippen LogP contribution is 2.40. The fourth-order valence-electron chi connectivity index (χ4n) is 4.36. The molecule has 4 rings (SSSR count). The minimum atomic E-state index is -5.10. The van der Waals surface area contributed by atoms with E-state index in [0.717, 1.165) is 29.1 Å². The lowest BCUT2D eigenvalue weighted by molar-refractivity contribution is -0.143. The molecule has 1 aromatic heterocycles. The van der Waals surface area contributed by atoms with Crippen LogP contribution in [0.25, 0.3) is 11.1 Å². The van der Waals surface area contributed by atoms with E-state index in [1.165, 1.54) is 31.2 Å². The Hall–Kier alpha value is -4.63. The molecule has 0 unspecified atom stereocenters. The summed E-state index contributed by atoms with van der Waals surface area (Å²) < 4.78 is 126. The van der Waals surface area contributed by atoms with Crippen molar-refractivity contribution in [3.8, 4) is 16.9 Å². The van der Waals surface area contributed by atoms with Crippen molar-refractivity contribution in [2.75, 3.05) is 12.0 Å². The molecule has 0 aliphatic carbocycles. The third kappa shape index (κ3) is 7.06. The zero-order chi connectivity index (χ0) is 31.7. The second kappa shape index (κ2) is 11.6. The molecule has 0 fully saturated rings. The normalized spacial score (nSPS) is 12.3. The Bertz CT molecular complexity index is 1580. The molecule has 0 spiro atoms. The highest BCUT2D eigenvalue weighted by Gasteiger charge is 2.37. The number of benzene rings is 3. The molecule has 0 bridgehead atoms. The van der Waals surface area contributed by atoms with Crippen molar-refractivity contribution >= 4 is 12.2 Å². The molecule has 1 heterocycles. The zero-order valence-electron chi connectivity index (χ0n) is 22.1. The second-order valence-corrected chi connectivity index (χ2v) is 9.25. The molecule has 0 atom stereocenters. The van der Waals surface area contributed by atoms with E-state index in [2.05, 4.69) is 15.4 Å². The Kier molecular flexibility index (Phi) is 8.42. The van der Waals surface area contributed by atoms with Crippen LogP contribution in [0.1, 0.15) is 38.2 Å². The lowest BCUT2D eigenvalue weighted by Crippen LogP contribution is -2.25. The number of carbonyl (C=O) groups excluding carboxylic acids is 1. The van der Waals surface area contributed by atoms with E-state index in [4.69, 9.17) is 4.74 Å². The maximum atomic E-state index is 13.5. The van der Waals surface area contributed by atoms with Crippen LogP contribution in [0.4, 0.5) is 45.5 Å². The number of nitrogens with zero attached hydrogens (tertiary/aromatic N) is 5. The number of halogens is 9. The van der Waals surface area contributed by atoms with Crippen LogP contribution >= 0.6 is 0 Å². The number of tetrazole rings is 1.